The molecule has 1 spiro atoms. The number of likely N-dealkylation sites (tertiary alicyclic amines) is 1. The Labute approximate surface area is 207 Å². The molecular weight excluding hydrogens is 446 g/mol. The van der Waals surface area contributed by atoms with Crippen LogP contribution in [-0.2, 0) is 19.1 Å². The van der Waals surface area contributed by atoms with E-state index in [9.17, 15) is 19.5 Å². The number of hydrogen-bond acceptors (Lipinski definition) is 5. The number of nitrogens with one attached hydrogen (secondary N) is 2. The van der Waals surface area contributed by atoms with Gasteiger partial charge in [0.1, 0.15) is 11.6 Å². The first-order chi connectivity index (χ1) is 16.5. The third kappa shape index (κ3) is 3.85. The Morgan fingerprint density at radius 3 is 2.43 bits per heavy atom. The van der Waals surface area contributed by atoms with E-state index in [1.807, 2.05) is 59.7 Å². The summed E-state index contributed by atoms with van der Waals surface area (Å²) in [6.45, 7) is 11.8. The zero-order valence-electron chi connectivity index (χ0n) is 21.7. The number of ether oxygens (including phenoxy) is 1. The Morgan fingerprint density at radius 1 is 1.20 bits per heavy atom. The molecule has 8 heteroatoms. The van der Waals surface area contributed by atoms with Gasteiger partial charge in [-0.05, 0) is 57.1 Å². The van der Waals surface area contributed by atoms with Crippen molar-refractivity contribution in [2.75, 3.05) is 18.5 Å². The minimum Gasteiger partial charge on any atom is -0.394 e. The van der Waals surface area contributed by atoms with E-state index in [2.05, 4.69) is 10.6 Å². The fourth-order valence-electron chi connectivity index (χ4n) is 6.60. The molecule has 0 aromatic heterocycles. The maximum absolute atomic E-state index is 14.1. The molecular formula is C27H39N3O5. The van der Waals surface area contributed by atoms with Crippen LogP contribution in [-0.4, -0.2) is 64.2 Å². The number of aryl methyl sites for hydroxylation is 2. The van der Waals surface area contributed by atoms with E-state index in [1.165, 1.54) is 4.90 Å². The molecule has 8 nitrogen and oxygen atoms in total. The van der Waals surface area contributed by atoms with Gasteiger partial charge in [-0.3, -0.25) is 14.4 Å². The van der Waals surface area contributed by atoms with Crippen molar-refractivity contribution in [3.8, 4) is 0 Å². The average Bonchev–Trinajstić information content (AvgIpc) is 3.36. The van der Waals surface area contributed by atoms with Gasteiger partial charge in [-0.2, -0.15) is 0 Å². The van der Waals surface area contributed by atoms with Crippen LogP contribution in [0.5, 0.6) is 0 Å². The van der Waals surface area contributed by atoms with E-state index < -0.39 is 35.1 Å². The van der Waals surface area contributed by atoms with Gasteiger partial charge in [-0.1, -0.05) is 39.0 Å². The third-order valence-corrected chi connectivity index (χ3v) is 8.34. The lowest BCUT2D eigenvalue weighted by Crippen LogP contribution is -2.57. The Balaban J connectivity index is 1.79. The number of aliphatic hydroxyl groups excluding tert-OH is 1. The van der Waals surface area contributed by atoms with Gasteiger partial charge in [0.25, 0.3) is 0 Å². The van der Waals surface area contributed by atoms with Gasteiger partial charge in [-0.15, -0.1) is 0 Å². The molecule has 2 bridgehead atoms. The molecule has 4 rings (SSSR count). The predicted octanol–water partition coefficient (Wildman–Crippen LogP) is 2.55. The molecule has 3 saturated heterocycles. The summed E-state index contributed by atoms with van der Waals surface area (Å²) in [5, 5.41) is 16.3. The summed E-state index contributed by atoms with van der Waals surface area (Å²) in [5.74, 6) is -2.34. The van der Waals surface area contributed by atoms with Crippen molar-refractivity contribution in [3.05, 3.63) is 29.3 Å². The van der Waals surface area contributed by atoms with E-state index in [0.29, 0.717) is 25.1 Å². The van der Waals surface area contributed by atoms with Crippen LogP contribution >= 0.6 is 0 Å². The Morgan fingerprint density at radius 2 is 1.86 bits per heavy atom. The Hall–Kier alpha value is -2.45. The highest BCUT2D eigenvalue weighted by Gasteiger charge is 2.78. The standard InChI is InChI=1S/C27H39N3O5/c1-7-13-28-23(32)19-20-25(34)30(18(14-31)15(2)3)22(27(20)12-11-26(19,6)35-27)24(33)29-21-16(4)9-8-10-17(21)5/h8-10,15,18-20,22,31H,7,11-14H2,1-6H3,(H,28,32)(H,29,33)/t18-,19+,20-,22?,26-,27?/m0/s1. The number of amides is 3. The first-order valence-corrected chi connectivity index (χ1v) is 12.8. The third-order valence-electron chi connectivity index (χ3n) is 8.34. The largest absolute Gasteiger partial charge is 0.394 e. The summed E-state index contributed by atoms with van der Waals surface area (Å²) < 4.78 is 6.63. The van der Waals surface area contributed by atoms with Crippen molar-refractivity contribution < 1.29 is 24.2 Å². The molecule has 6 atom stereocenters. The summed E-state index contributed by atoms with van der Waals surface area (Å²) in [6, 6.07) is 4.29. The van der Waals surface area contributed by atoms with E-state index >= 15 is 0 Å². The van der Waals surface area contributed by atoms with Crippen LogP contribution < -0.4 is 10.6 Å². The molecule has 1 aromatic carbocycles. The number of para-hydroxylation sites is 1. The normalized spacial score (nSPS) is 32.2. The molecule has 1 aromatic rings. The molecule has 0 aliphatic carbocycles. The number of nitrogens with zero attached hydrogens (tertiary/aromatic N) is 1. The second kappa shape index (κ2) is 9.21. The molecule has 192 valence electrons. The van der Waals surface area contributed by atoms with E-state index in [-0.39, 0.29) is 30.2 Å². The molecule has 3 fully saturated rings. The van der Waals surface area contributed by atoms with Gasteiger partial charge < -0.3 is 25.4 Å². The van der Waals surface area contributed by atoms with Crippen molar-refractivity contribution in [1.29, 1.82) is 0 Å². The van der Waals surface area contributed by atoms with Crippen molar-refractivity contribution in [2.45, 2.75) is 84.1 Å². The van der Waals surface area contributed by atoms with E-state index in [1.54, 1.807) is 0 Å². The number of carbonyl (C=O) groups is 3. The van der Waals surface area contributed by atoms with Crippen LogP contribution in [0.2, 0.25) is 0 Å². The van der Waals surface area contributed by atoms with Crippen LogP contribution in [0.1, 0.15) is 58.1 Å². The van der Waals surface area contributed by atoms with Gasteiger partial charge in [0, 0.05) is 12.2 Å². The topological polar surface area (TPSA) is 108 Å². The molecule has 3 N–H and O–H groups in total. The lowest BCUT2D eigenvalue weighted by atomic mass is 9.66. The van der Waals surface area contributed by atoms with E-state index in [4.69, 9.17) is 4.74 Å². The van der Waals surface area contributed by atoms with Gasteiger partial charge in [0.15, 0.2) is 0 Å². The highest BCUT2D eigenvalue weighted by molar-refractivity contribution is 6.04. The number of fused-ring (bicyclic) bond motifs is 1. The number of anilines is 1. The fourth-order valence-corrected chi connectivity index (χ4v) is 6.60. The monoisotopic (exact) mass is 485 g/mol. The van der Waals surface area contributed by atoms with Crippen LogP contribution in [0.3, 0.4) is 0 Å². The molecule has 35 heavy (non-hydrogen) atoms. The molecule has 3 heterocycles. The van der Waals surface area contributed by atoms with Gasteiger partial charge in [0.2, 0.25) is 17.7 Å². The first kappa shape index (κ1) is 25.6. The summed E-state index contributed by atoms with van der Waals surface area (Å²) in [6.07, 6.45) is 1.88. The Kier molecular flexibility index (Phi) is 6.74. The number of benzene rings is 1. The number of carbonyl (C=O) groups excluding carboxylic acids is 3. The maximum atomic E-state index is 14.1. The Bertz CT molecular complexity index is 1010. The zero-order chi connectivity index (χ0) is 25.7. The lowest BCUT2D eigenvalue weighted by Gasteiger charge is -2.38. The molecule has 3 aliphatic heterocycles. The van der Waals surface area contributed by atoms with Crippen molar-refractivity contribution in [3.63, 3.8) is 0 Å². The summed E-state index contributed by atoms with van der Waals surface area (Å²) in [4.78, 5) is 43.0. The smallest absolute Gasteiger partial charge is 0.250 e. The second-order valence-corrected chi connectivity index (χ2v) is 11.0. The second-order valence-electron chi connectivity index (χ2n) is 11.0. The van der Waals surface area contributed by atoms with Crippen molar-refractivity contribution >= 4 is 23.4 Å². The SMILES string of the molecule is CCCNC(=O)[C@H]1[C@H]2C(=O)N([C@@H](CO)C(C)C)C(C(=O)Nc3c(C)cccc3C)C23CC[C@]1(C)O3. The molecule has 3 aliphatic rings. The minimum absolute atomic E-state index is 0.0881. The average molecular weight is 486 g/mol. The highest BCUT2D eigenvalue weighted by atomic mass is 16.5. The number of aliphatic hydroxyl groups is 1. The molecule has 0 radical (unpaired) electrons. The minimum atomic E-state index is -1.11. The quantitative estimate of drug-likeness (QED) is 0.525. The zero-order valence-corrected chi connectivity index (χ0v) is 21.7. The molecule has 0 saturated carbocycles. The van der Waals surface area contributed by atoms with Crippen molar-refractivity contribution in [2.24, 2.45) is 17.8 Å². The molecule has 3 amide bonds. The van der Waals surface area contributed by atoms with Crippen LogP contribution in [0.4, 0.5) is 5.69 Å². The fraction of sp³-hybridized carbons (Fsp3) is 0.667. The van der Waals surface area contributed by atoms with E-state index in [0.717, 1.165) is 17.5 Å². The van der Waals surface area contributed by atoms with Crippen LogP contribution in [0.15, 0.2) is 18.2 Å². The first-order valence-electron chi connectivity index (χ1n) is 12.8. The van der Waals surface area contributed by atoms with Gasteiger partial charge in [-0.25, -0.2) is 0 Å². The summed E-state index contributed by atoms with van der Waals surface area (Å²) >= 11 is 0. The van der Waals surface area contributed by atoms with Crippen LogP contribution in [0.25, 0.3) is 0 Å². The van der Waals surface area contributed by atoms with Crippen molar-refractivity contribution in [1.82, 2.24) is 10.2 Å². The lowest BCUT2D eigenvalue weighted by molar-refractivity contribution is -0.149. The number of rotatable bonds is 8. The van der Waals surface area contributed by atoms with Gasteiger partial charge in [0.05, 0.1) is 30.1 Å². The summed E-state index contributed by atoms with van der Waals surface area (Å²) in [5.41, 5.74) is 0.639. The molecule has 2 unspecified atom stereocenters. The highest BCUT2D eigenvalue weighted by Crippen LogP contribution is 2.63. The maximum Gasteiger partial charge on any atom is 0.250 e. The van der Waals surface area contributed by atoms with Gasteiger partial charge >= 0.3 is 0 Å². The number of hydrogen-bond donors (Lipinski definition) is 3. The van der Waals surface area contributed by atoms with Crippen LogP contribution in [0, 0.1) is 31.6 Å². The predicted molar refractivity (Wildman–Crippen MR) is 133 cm³/mol. The summed E-state index contributed by atoms with van der Waals surface area (Å²) in [7, 11) is 0.